The molecule has 1 saturated heterocycles. The van der Waals surface area contributed by atoms with Gasteiger partial charge in [-0.05, 0) is 56.2 Å². The van der Waals surface area contributed by atoms with Crippen molar-refractivity contribution in [3.63, 3.8) is 0 Å². The second kappa shape index (κ2) is 8.22. The Hall–Kier alpha value is -2.67. The molecule has 0 radical (unpaired) electrons. The Morgan fingerprint density at radius 2 is 2.00 bits per heavy atom. The predicted molar refractivity (Wildman–Crippen MR) is 115 cm³/mol. The molecule has 1 aliphatic heterocycles. The minimum Gasteiger partial charge on any atom is -0.471 e. The number of fused-ring (bicyclic) bond motifs is 1. The zero-order valence-electron chi connectivity index (χ0n) is 17.6. The monoisotopic (exact) mass is 408 g/mol. The third-order valence-electron chi connectivity index (χ3n) is 6.23. The molecule has 3 heterocycles. The molecule has 2 aromatic heterocycles. The van der Waals surface area contributed by atoms with Gasteiger partial charge in [0.05, 0.1) is 24.5 Å². The number of anilines is 1. The van der Waals surface area contributed by atoms with Crippen molar-refractivity contribution in [3.05, 3.63) is 30.1 Å². The summed E-state index contributed by atoms with van der Waals surface area (Å²) in [5.74, 6) is 2.04. The molecule has 30 heavy (non-hydrogen) atoms. The summed E-state index contributed by atoms with van der Waals surface area (Å²) in [7, 11) is 0. The van der Waals surface area contributed by atoms with Gasteiger partial charge in [-0.1, -0.05) is 18.1 Å². The summed E-state index contributed by atoms with van der Waals surface area (Å²) in [6, 6.07) is 6.42. The highest BCUT2D eigenvalue weighted by molar-refractivity contribution is 5.85. The summed E-state index contributed by atoms with van der Waals surface area (Å²) in [6.45, 7) is 5.58. The van der Waals surface area contributed by atoms with Gasteiger partial charge in [0.1, 0.15) is 6.10 Å². The number of rotatable bonds is 5. The van der Waals surface area contributed by atoms with Crippen LogP contribution >= 0.6 is 0 Å². The lowest BCUT2D eigenvalue weighted by molar-refractivity contribution is 0.138. The van der Waals surface area contributed by atoms with Gasteiger partial charge in [-0.25, -0.2) is 4.98 Å². The van der Waals surface area contributed by atoms with Crippen molar-refractivity contribution in [1.82, 2.24) is 15.1 Å². The first kappa shape index (κ1) is 19.3. The van der Waals surface area contributed by atoms with Gasteiger partial charge in [0, 0.05) is 24.0 Å². The SMILES string of the molecule is Cc1noc2ccc(-c3cnc(N[C@H]4CC[C@H](C)CC4)nc3O[C@@H]3CCOC3)cc12. The predicted octanol–water partition coefficient (Wildman–Crippen LogP) is 4.75. The van der Waals surface area contributed by atoms with E-state index in [1.54, 1.807) is 0 Å². The van der Waals surface area contributed by atoms with E-state index in [4.69, 9.17) is 19.0 Å². The third-order valence-corrected chi connectivity index (χ3v) is 6.23. The Morgan fingerprint density at radius 1 is 1.13 bits per heavy atom. The Labute approximate surface area is 176 Å². The first-order valence-corrected chi connectivity index (χ1v) is 10.9. The van der Waals surface area contributed by atoms with Crippen molar-refractivity contribution < 1.29 is 14.0 Å². The molecule has 3 aromatic rings. The van der Waals surface area contributed by atoms with Crippen LogP contribution in [0, 0.1) is 12.8 Å². The van der Waals surface area contributed by atoms with Crippen LogP contribution in [0.2, 0.25) is 0 Å². The summed E-state index contributed by atoms with van der Waals surface area (Å²) in [5, 5.41) is 8.57. The number of ether oxygens (including phenoxy) is 2. The molecule has 158 valence electrons. The number of benzene rings is 1. The zero-order chi connectivity index (χ0) is 20.5. The molecule has 1 aliphatic carbocycles. The Bertz CT molecular complexity index is 1020. The van der Waals surface area contributed by atoms with Crippen LogP contribution in [-0.4, -0.2) is 40.5 Å². The minimum absolute atomic E-state index is 0.0167. The zero-order valence-corrected chi connectivity index (χ0v) is 17.6. The maximum atomic E-state index is 6.28. The Balaban J connectivity index is 1.46. The molecule has 2 aliphatic rings. The van der Waals surface area contributed by atoms with Gasteiger partial charge in [-0.3, -0.25) is 0 Å². The second-order valence-electron chi connectivity index (χ2n) is 8.60. The van der Waals surface area contributed by atoms with Crippen LogP contribution in [0.15, 0.2) is 28.9 Å². The van der Waals surface area contributed by atoms with Gasteiger partial charge >= 0.3 is 0 Å². The summed E-state index contributed by atoms with van der Waals surface area (Å²) < 4.78 is 17.1. The molecular weight excluding hydrogens is 380 g/mol. The fourth-order valence-electron chi connectivity index (χ4n) is 4.30. The molecule has 1 atom stereocenters. The van der Waals surface area contributed by atoms with Crippen molar-refractivity contribution in [2.24, 2.45) is 5.92 Å². The van der Waals surface area contributed by atoms with E-state index in [2.05, 4.69) is 28.4 Å². The van der Waals surface area contributed by atoms with Crippen LogP contribution in [0.25, 0.3) is 22.1 Å². The standard InChI is InChI=1S/C23H28N4O3/c1-14-3-6-17(7-4-14)25-23-24-12-20(22(26-23)29-18-9-10-28-13-18)16-5-8-21-19(11-16)15(2)27-30-21/h5,8,11-12,14,17-18H,3-4,6-7,9-10,13H2,1-2H3,(H,24,25,26)/t14-,17-,18-/m1/s1. The van der Waals surface area contributed by atoms with Crippen molar-refractivity contribution in [1.29, 1.82) is 0 Å². The van der Waals surface area contributed by atoms with Gasteiger partial charge in [0.15, 0.2) is 5.58 Å². The molecule has 0 spiro atoms. The van der Waals surface area contributed by atoms with E-state index in [1.165, 1.54) is 12.8 Å². The van der Waals surface area contributed by atoms with Crippen LogP contribution in [0.3, 0.4) is 0 Å². The second-order valence-corrected chi connectivity index (χ2v) is 8.60. The maximum Gasteiger partial charge on any atom is 0.226 e. The fraction of sp³-hybridized carbons (Fsp3) is 0.522. The number of aryl methyl sites for hydroxylation is 1. The van der Waals surface area contributed by atoms with Gasteiger partial charge in [0.2, 0.25) is 11.8 Å². The molecule has 2 fully saturated rings. The largest absolute Gasteiger partial charge is 0.471 e. The minimum atomic E-state index is 0.0167. The number of hydrogen-bond acceptors (Lipinski definition) is 7. The molecule has 1 N–H and O–H groups in total. The summed E-state index contributed by atoms with van der Waals surface area (Å²) in [6.07, 6.45) is 7.55. The van der Waals surface area contributed by atoms with Crippen LogP contribution < -0.4 is 10.1 Å². The quantitative estimate of drug-likeness (QED) is 0.652. The molecular formula is C23H28N4O3. The van der Waals surface area contributed by atoms with Gasteiger partial charge in [0.25, 0.3) is 0 Å². The van der Waals surface area contributed by atoms with E-state index in [9.17, 15) is 0 Å². The van der Waals surface area contributed by atoms with E-state index in [0.717, 1.165) is 59.6 Å². The highest BCUT2D eigenvalue weighted by Gasteiger charge is 2.23. The lowest BCUT2D eigenvalue weighted by atomic mass is 9.87. The smallest absolute Gasteiger partial charge is 0.226 e. The normalized spacial score (nSPS) is 24.3. The van der Waals surface area contributed by atoms with Crippen molar-refractivity contribution in [3.8, 4) is 17.0 Å². The number of hydrogen-bond donors (Lipinski definition) is 1. The van der Waals surface area contributed by atoms with Crippen LogP contribution in [0.1, 0.15) is 44.7 Å². The van der Waals surface area contributed by atoms with Crippen LogP contribution in [-0.2, 0) is 4.74 Å². The van der Waals surface area contributed by atoms with Crippen molar-refractivity contribution in [2.45, 2.75) is 58.1 Å². The van der Waals surface area contributed by atoms with E-state index in [-0.39, 0.29) is 6.10 Å². The highest BCUT2D eigenvalue weighted by Crippen LogP contribution is 2.34. The summed E-state index contributed by atoms with van der Waals surface area (Å²) in [5.41, 5.74) is 3.49. The molecule has 5 rings (SSSR count). The molecule has 0 unspecified atom stereocenters. The number of nitrogens with zero attached hydrogens (tertiary/aromatic N) is 3. The topological polar surface area (TPSA) is 82.3 Å². The average molecular weight is 409 g/mol. The molecule has 0 amide bonds. The summed E-state index contributed by atoms with van der Waals surface area (Å²) in [4.78, 5) is 9.40. The molecule has 0 bridgehead atoms. The number of aromatic nitrogens is 3. The van der Waals surface area contributed by atoms with Crippen LogP contribution in [0.4, 0.5) is 5.95 Å². The number of nitrogens with one attached hydrogen (secondary N) is 1. The fourth-order valence-corrected chi connectivity index (χ4v) is 4.30. The maximum absolute atomic E-state index is 6.28. The average Bonchev–Trinajstić information content (AvgIpc) is 3.40. The first-order valence-electron chi connectivity index (χ1n) is 10.9. The van der Waals surface area contributed by atoms with E-state index in [1.807, 2.05) is 25.3 Å². The van der Waals surface area contributed by atoms with E-state index in [0.29, 0.717) is 24.5 Å². The Morgan fingerprint density at radius 3 is 2.80 bits per heavy atom. The van der Waals surface area contributed by atoms with Crippen molar-refractivity contribution in [2.75, 3.05) is 18.5 Å². The van der Waals surface area contributed by atoms with Crippen molar-refractivity contribution >= 4 is 16.9 Å². The van der Waals surface area contributed by atoms with E-state index >= 15 is 0 Å². The van der Waals surface area contributed by atoms with Gasteiger partial charge in [-0.2, -0.15) is 4.98 Å². The molecule has 7 nitrogen and oxygen atoms in total. The third kappa shape index (κ3) is 3.99. The molecule has 1 saturated carbocycles. The lowest BCUT2D eigenvalue weighted by Crippen LogP contribution is -2.26. The van der Waals surface area contributed by atoms with Gasteiger partial charge < -0.3 is 19.3 Å². The molecule has 7 heteroatoms. The first-order chi connectivity index (χ1) is 14.7. The van der Waals surface area contributed by atoms with Gasteiger partial charge in [-0.15, -0.1) is 0 Å². The molecule has 1 aromatic carbocycles. The van der Waals surface area contributed by atoms with E-state index < -0.39 is 0 Å². The summed E-state index contributed by atoms with van der Waals surface area (Å²) >= 11 is 0. The Kier molecular flexibility index (Phi) is 5.29. The van der Waals surface area contributed by atoms with Crippen LogP contribution in [0.5, 0.6) is 5.88 Å². The lowest BCUT2D eigenvalue weighted by Gasteiger charge is -2.27. The highest BCUT2D eigenvalue weighted by atomic mass is 16.5.